The molecule has 5 heteroatoms. The van der Waals surface area contributed by atoms with E-state index in [-0.39, 0.29) is 0 Å². The third-order valence-electron chi connectivity index (χ3n) is 2.47. The summed E-state index contributed by atoms with van der Waals surface area (Å²) in [4.78, 5) is 13.4. The Hall–Kier alpha value is -0.680. The van der Waals surface area contributed by atoms with Crippen LogP contribution in [-0.2, 0) is 0 Å². The SMILES string of the molecule is CCN(CCBr)c1ncnc2sc(C)cc12. The van der Waals surface area contributed by atoms with Crippen LogP contribution >= 0.6 is 27.3 Å². The second kappa shape index (κ2) is 5.10. The predicted molar refractivity (Wildman–Crippen MR) is 73.8 cm³/mol. The molecule has 2 aromatic heterocycles. The molecule has 0 aliphatic heterocycles. The normalized spacial score (nSPS) is 10.9. The van der Waals surface area contributed by atoms with E-state index in [0.717, 1.165) is 29.1 Å². The van der Waals surface area contributed by atoms with Gasteiger partial charge in [0.25, 0.3) is 0 Å². The molecule has 0 saturated heterocycles. The average Bonchev–Trinajstić information content (AvgIpc) is 2.66. The third-order valence-corrected chi connectivity index (χ3v) is 3.78. The van der Waals surface area contributed by atoms with Crippen molar-refractivity contribution in [1.29, 1.82) is 0 Å². The quantitative estimate of drug-likeness (QED) is 0.812. The van der Waals surface area contributed by atoms with Crippen molar-refractivity contribution in [2.75, 3.05) is 23.3 Å². The molecule has 0 N–H and O–H groups in total. The Morgan fingerprint density at radius 2 is 2.25 bits per heavy atom. The van der Waals surface area contributed by atoms with E-state index in [1.807, 2.05) is 0 Å². The van der Waals surface area contributed by atoms with Crippen molar-refractivity contribution in [2.24, 2.45) is 0 Å². The lowest BCUT2D eigenvalue weighted by Crippen LogP contribution is -2.25. The Morgan fingerprint density at radius 1 is 1.44 bits per heavy atom. The van der Waals surface area contributed by atoms with Gasteiger partial charge < -0.3 is 4.90 Å². The second-order valence-corrected chi connectivity index (χ2v) is 5.57. The number of hydrogen-bond acceptors (Lipinski definition) is 4. The van der Waals surface area contributed by atoms with Gasteiger partial charge in [0.1, 0.15) is 17.0 Å². The molecule has 2 rings (SSSR count). The summed E-state index contributed by atoms with van der Waals surface area (Å²) in [6.45, 7) is 6.19. The molecule has 16 heavy (non-hydrogen) atoms. The van der Waals surface area contributed by atoms with Crippen molar-refractivity contribution in [2.45, 2.75) is 13.8 Å². The van der Waals surface area contributed by atoms with Gasteiger partial charge in [-0.2, -0.15) is 0 Å². The number of aryl methyl sites for hydroxylation is 1. The van der Waals surface area contributed by atoms with E-state index in [0.29, 0.717) is 0 Å². The molecule has 0 aliphatic rings. The van der Waals surface area contributed by atoms with Crippen LogP contribution in [0.4, 0.5) is 5.82 Å². The van der Waals surface area contributed by atoms with Gasteiger partial charge in [0, 0.05) is 23.3 Å². The van der Waals surface area contributed by atoms with Crippen molar-refractivity contribution in [3.8, 4) is 0 Å². The largest absolute Gasteiger partial charge is 0.355 e. The Morgan fingerprint density at radius 3 is 2.94 bits per heavy atom. The number of alkyl halides is 1. The van der Waals surface area contributed by atoms with E-state index in [4.69, 9.17) is 0 Å². The molecule has 0 aliphatic carbocycles. The van der Waals surface area contributed by atoms with E-state index in [1.54, 1.807) is 17.7 Å². The van der Waals surface area contributed by atoms with Crippen LogP contribution in [0.15, 0.2) is 12.4 Å². The van der Waals surface area contributed by atoms with Crippen molar-refractivity contribution in [3.63, 3.8) is 0 Å². The molecule has 0 unspecified atom stereocenters. The lowest BCUT2D eigenvalue weighted by Gasteiger charge is -2.21. The highest BCUT2D eigenvalue weighted by Crippen LogP contribution is 2.29. The van der Waals surface area contributed by atoms with Gasteiger partial charge in [0.2, 0.25) is 0 Å². The molecule has 0 spiro atoms. The van der Waals surface area contributed by atoms with Gasteiger partial charge >= 0.3 is 0 Å². The van der Waals surface area contributed by atoms with Crippen LogP contribution < -0.4 is 4.90 Å². The van der Waals surface area contributed by atoms with Crippen molar-refractivity contribution >= 4 is 43.3 Å². The molecular formula is C11H14BrN3S. The summed E-state index contributed by atoms with van der Waals surface area (Å²) in [5.41, 5.74) is 0. The van der Waals surface area contributed by atoms with Gasteiger partial charge in [-0.3, -0.25) is 0 Å². The summed E-state index contributed by atoms with van der Waals surface area (Å²) in [6, 6.07) is 2.17. The van der Waals surface area contributed by atoms with Crippen LogP contribution in [0.1, 0.15) is 11.8 Å². The summed E-state index contributed by atoms with van der Waals surface area (Å²) in [5, 5.41) is 2.13. The smallest absolute Gasteiger partial charge is 0.140 e. The number of hydrogen-bond donors (Lipinski definition) is 0. The Bertz CT molecular complexity index is 483. The van der Waals surface area contributed by atoms with Crippen LogP contribution in [0, 0.1) is 6.92 Å². The van der Waals surface area contributed by atoms with Crippen molar-refractivity contribution < 1.29 is 0 Å². The number of halogens is 1. The lowest BCUT2D eigenvalue weighted by atomic mass is 10.3. The van der Waals surface area contributed by atoms with E-state index in [1.165, 1.54) is 10.3 Å². The van der Waals surface area contributed by atoms with E-state index in [9.17, 15) is 0 Å². The minimum Gasteiger partial charge on any atom is -0.355 e. The number of thiophene rings is 1. The van der Waals surface area contributed by atoms with Crippen LogP contribution in [-0.4, -0.2) is 28.4 Å². The fraction of sp³-hybridized carbons (Fsp3) is 0.455. The molecule has 3 nitrogen and oxygen atoms in total. The number of aromatic nitrogens is 2. The first kappa shape index (κ1) is 11.8. The number of nitrogens with zero attached hydrogens (tertiary/aromatic N) is 3. The van der Waals surface area contributed by atoms with Crippen molar-refractivity contribution in [3.05, 3.63) is 17.3 Å². The maximum atomic E-state index is 4.41. The summed E-state index contributed by atoms with van der Waals surface area (Å²) < 4.78 is 0. The van der Waals surface area contributed by atoms with Crippen molar-refractivity contribution in [1.82, 2.24) is 9.97 Å². The summed E-state index contributed by atoms with van der Waals surface area (Å²) in [5.74, 6) is 1.05. The maximum absolute atomic E-state index is 4.41. The zero-order valence-electron chi connectivity index (χ0n) is 9.40. The standard InChI is InChI=1S/C11H14BrN3S/c1-3-15(5-4-12)10-9-6-8(2)16-11(9)14-7-13-10/h6-7H,3-5H2,1-2H3. The molecule has 0 aromatic carbocycles. The van der Waals surface area contributed by atoms with Gasteiger partial charge in [-0.15, -0.1) is 11.3 Å². The molecule has 0 bridgehead atoms. The fourth-order valence-corrected chi connectivity index (χ4v) is 3.00. The highest BCUT2D eigenvalue weighted by atomic mass is 79.9. The van der Waals surface area contributed by atoms with Crippen LogP contribution in [0.3, 0.4) is 0 Å². The Balaban J connectivity index is 2.49. The minimum atomic E-state index is 0.954. The Kier molecular flexibility index (Phi) is 3.76. The first-order chi connectivity index (χ1) is 7.76. The van der Waals surface area contributed by atoms with E-state index < -0.39 is 0 Å². The monoisotopic (exact) mass is 299 g/mol. The number of fused-ring (bicyclic) bond motifs is 1. The predicted octanol–water partition coefficient (Wildman–Crippen LogP) is 3.22. The minimum absolute atomic E-state index is 0.954. The highest BCUT2D eigenvalue weighted by Gasteiger charge is 2.11. The van der Waals surface area contributed by atoms with Gasteiger partial charge in [0.05, 0.1) is 5.39 Å². The molecule has 0 fully saturated rings. The Labute approximate surface area is 108 Å². The lowest BCUT2D eigenvalue weighted by molar-refractivity contribution is 0.857. The summed E-state index contributed by atoms with van der Waals surface area (Å²) in [7, 11) is 0. The first-order valence-corrected chi connectivity index (χ1v) is 7.22. The number of anilines is 1. The fourth-order valence-electron chi connectivity index (χ4n) is 1.73. The molecule has 0 saturated carbocycles. The molecular weight excluding hydrogens is 286 g/mol. The molecule has 0 amide bonds. The molecule has 0 atom stereocenters. The highest BCUT2D eigenvalue weighted by molar-refractivity contribution is 9.09. The third kappa shape index (κ3) is 2.20. The number of rotatable bonds is 4. The van der Waals surface area contributed by atoms with Crippen LogP contribution in [0.2, 0.25) is 0 Å². The molecule has 2 heterocycles. The van der Waals surface area contributed by atoms with Gasteiger partial charge in [-0.25, -0.2) is 9.97 Å². The van der Waals surface area contributed by atoms with Crippen LogP contribution in [0.5, 0.6) is 0 Å². The van der Waals surface area contributed by atoms with E-state index >= 15 is 0 Å². The van der Waals surface area contributed by atoms with Gasteiger partial charge in [-0.1, -0.05) is 15.9 Å². The molecule has 0 radical (unpaired) electrons. The molecule has 2 aromatic rings. The average molecular weight is 300 g/mol. The summed E-state index contributed by atoms with van der Waals surface area (Å²) >= 11 is 5.20. The topological polar surface area (TPSA) is 29.0 Å². The zero-order chi connectivity index (χ0) is 11.5. The van der Waals surface area contributed by atoms with E-state index in [2.05, 4.69) is 50.7 Å². The van der Waals surface area contributed by atoms with Crippen LogP contribution in [0.25, 0.3) is 10.2 Å². The second-order valence-electron chi connectivity index (χ2n) is 3.54. The zero-order valence-corrected chi connectivity index (χ0v) is 11.8. The maximum Gasteiger partial charge on any atom is 0.140 e. The first-order valence-electron chi connectivity index (χ1n) is 5.28. The molecule has 86 valence electrons. The van der Waals surface area contributed by atoms with Gasteiger partial charge in [0.15, 0.2) is 0 Å². The summed E-state index contributed by atoms with van der Waals surface area (Å²) in [6.07, 6.45) is 1.66. The van der Waals surface area contributed by atoms with Gasteiger partial charge in [-0.05, 0) is 19.9 Å².